The van der Waals surface area contributed by atoms with Crippen LogP contribution in [-0.2, 0) is 9.53 Å². The molecule has 0 heterocycles. The monoisotopic (exact) mass is 287 g/mol. The van der Waals surface area contributed by atoms with Crippen LogP contribution in [0.4, 0.5) is 0 Å². The Bertz CT molecular complexity index is 298. The van der Waals surface area contributed by atoms with Crippen LogP contribution in [0.3, 0.4) is 0 Å². The number of hydrogen-bond donors (Lipinski definition) is 1. The SMILES string of the molecule is C#[P+]COC(C)CCC(C)(CCCCCC)C(=O)O. The van der Waals surface area contributed by atoms with E-state index in [1.165, 1.54) is 12.8 Å². The van der Waals surface area contributed by atoms with Crippen LogP contribution in [0.1, 0.15) is 65.7 Å². The number of aliphatic carboxylic acids is 1. The molecule has 0 amide bonds. The van der Waals surface area contributed by atoms with Gasteiger partial charge in [0.25, 0.3) is 0 Å². The zero-order valence-corrected chi connectivity index (χ0v) is 13.4. The van der Waals surface area contributed by atoms with Gasteiger partial charge in [-0.2, -0.15) is 0 Å². The summed E-state index contributed by atoms with van der Waals surface area (Å²) in [5.74, 6) is -0.687. The first-order valence-corrected chi connectivity index (χ1v) is 8.33. The number of carboxylic acids is 1. The van der Waals surface area contributed by atoms with Crippen LogP contribution in [0.5, 0.6) is 0 Å². The Morgan fingerprint density at radius 1 is 1.37 bits per heavy atom. The fraction of sp³-hybridized carbons (Fsp3) is 0.867. The van der Waals surface area contributed by atoms with Gasteiger partial charge in [-0.15, -0.1) is 0 Å². The molecule has 0 aromatic rings. The van der Waals surface area contributed by atoms with Crippen LogP contribution in [0.25, 0.3) is 0 Å². The normalized spacial score (nSPS) is 15.7. The maximum atomic E-state index is 11.4. The van der Waals surface area contributed by atoms with Crippen molar-refractivity contribution in [2.45, 2.75) is 71.8 Å². The molecule has 0 rings (SSSR count). The predicted octanol–water partition coefficient (Wildman–Crippen LogP) is 4.73. The summed E-state index contributed by atoms with van der Waals surface area (Å²) in [4.78, 5) is 11.4. The van der Waals surface area contributed by atoms with Gasteiger partial charge in [0.2, 0.25) is 0 Å². The fourth-order valence-corrected chi connectivity index (χ4v) is 2.40. The van der Waals surface area contributed by atoms with Gasteiger partial charge in [-0.05, 0) is 0 Å². The molecule has 0 saturated carbocycles. The molecule has 0 fully saturated rings. The van der Waals surface area contributed by atoms with Gasteiger partial charge in [0.05, 0.1) is 0 Å². The van der Waals surface area contributed by atoms with E-state index < -0.39 is 11.4 Å². The van der Waals surface area contributed by atoms with Crippen molar-refractivity contribution in [3.63, 3.8) is 0 Å². The quantitative estimate of drug-likeness (QED) is 0.441. The molecule has 0 aliphatic rings. The van der Waals surface area contributed by atoms with Gasteiger partial charge in [-0.1, -0.05) is 0 Å². The summed E-state index contributed by atoms with van der Waals surface area (Å²) in [6.45, 7) is 5.99. The second-order valence-electron chi connectivity index (χ2n) is 5.50. The molecule has 0 radical (unpaired) electrons. The molecule has 4 heteroatoms. The molecule has 0 aliphatic carbocycles. The molecule has 3 nitrogen and oxygen atoms in total. The molecule has 110 valence electrons. The number of carboxylic acid groups (broad SMARTS) is 1. The Balaban J connectivity index is 4.15. The second-order valence-corrected chi connectivity index (χ2v) is 6.13. The van der Waals surface area contributed by atoms with Crippen molar-refractivity contribution in [3.8, 4) is 6.13 Å². The number of rotatable bonds is 11. The van der Waals surface area contributed by atoms with Crippen molar-refractivity contribution < 1.29 is 14.6 Å². The van der Waals surface area contributed by atoms with Crippen LogP contribution >= 0.6 is 8.04 Å². The van der Waals surface area contributed by atoms with E-state index in [1.807, 2.05) is 13.8 Å². The molecular weight excluding hydrogens is 259 g/mol. The van der Waals surface area contributed by atoms with Crippen LogP contribution in [-0.4, -0.2) is 23.5 Å². The number of ether oxygens (including phenoxy) is 1. The van der Waals surface area contributed by atoms with Crippen LogP contribution in [0, 0.1) is 11.5 Å². The summed E-state index contributed by atoms with van der Waals surface area (Å²) in [6, 6.07) is 0. The van der Waals surface area contributed by atoms with Crippen LogP contribution in [0.2, 0.25) is 0 Å². The molecule has 19 heavy (non-hydrogen) atoms. The van der Waals surface area contributed by atoms with Crippen molar-refractivity contribution in [2.75, 3.05) is 6.35 Å². The summed E-state index contributed by atoms with van der Waals surface area (Å²) in [5.41, 5.74) is -0.619. The zero-order valence-electron chi connectivity index (χ0n) is 12.5. The summed E-state index contributed by atoms with van der Waals surface area (Å²) in [7, 11) is 0.724. The Morgan fingerprint density at radius 2 is 2.05 bits per heavy atom. The molecule has 0 bridgehead atoms. The van der Waals surface area contributed by atoms with Crippen molar-refractivity contribution in [2.24, 2.45) is 5.41 Å². The Labute approximate surface area is 119 Å². The third kappa shape index (κ3) is 8.42. The molecular formula is C15H28O3P+. The van der Waals surface area contributed by atoms with Gasteiger partial charge in [0.15, 0.2) is 0 Å². The van der Waals surface area contributed by atoms with Crippen molar-refractivity contribution in [1.82, 2.24) is 0 Å². The first kappa shape index (κ1) is 18.6. The molecule has 2 unspecified atom stereocenters. The Kier molecular flexibility index (Phi) is 10.2. The van der Waals surface area contributed by atoms with Gasteiger partial charge in [0.1, 0.15) is 0 Å². The standard InChI is InChI=1S/C15H27O3P/c1-5-6-7-8-10-15(3,14(16)17)11-9-13(2)18-12-19-4/h4,13H,5-12H2,1-3H3/p+1. The van der Waals surface area contributed by atoms with Crippen LogP contribution in [0.15, 0.2) is 0 Å². The molecule has 0 aliphatic heterocycles. The van der Waals surface area contributed by atoms with Gasteiger partial charge >= 0.3 is 118 Å². The van der Waals surface area contributed by atoms with Crippen molar-refractivity contribution in [1.29, 1.82) is 0 Å². The Morgan fingerprint density at radius 3 is 2.58 bits per heavy atom. The van der Waals surface area contributed by atoms with E-state index in [1.54, 1.807) is 0 Å². The molecule has 0 saturated heterocycles. The van der Waals surface area contributed by atoms with Gasteiger partial charge in [0, 0.05) is 0 Å². The van der Waals surface area contributed by atoms with Crippen molar-refractivity contribution >= 4 is 14.0 Å². The average molecular weight is 287 g/mol. The summed E-state index contributed by atoms with van der Waals surface area (Å²) < 4.78 is 5.48. The number of hydrogen-bond acceptors (Lipinski definition) is 2. The number of carbonyl (C=O) groups is 1. The van der Waals surface area contributed by atoms with E-state index in [4.69, 9.17) is 10.9 Å². The van der Waals surface area contributed by atoms with Gasteiger partial charge in [-0.3, -0.25) is 0 Å². The molecule has 1 N–H and O–H groups in total. The summed E-state index contributed by atoms with van der Waals surface area (Å²) in [6.07, 6.45) is 12.6. The van der Waals surface area contributed by atoms with E-state index in [-0.39, 0.29) is 6.10 Å². The third-order valence-electron chi connectivity index (χ3n) is 3.63. The van der Waals surface area contributed by atoms with E-state index in [2.05, 4.69) is 6.92 Å². The minimum absolute atomic E-state index is 0.0744. The second kappa shape index (κ2) is 10.4. The van der Waals surface area contributed by atoms with E-state index in [9.17, 15) is 9.90 Å². The first-order chi connectivity index (χ1) is 8.96. The maximum absolute atomic E-state index is 11.4. The van der Waals surface area contributed by atoms with E-state index in [0.29, 0.717) is 12.8 Å². The topological polar surface area (TPSA) is 46.5 Å². The van der Waals surface area contributed by atoms with E-state index in [0.717, 1.165) is 33.7 Å². The van der Waals surface area contributed by atoms with Crippen LogP contribution < -0.4 is 0 Å². The summed E-state index contributed by atoms with van der Waals surface area (Å²) >= 11 is 0. The minimum atomic E-state index is -0.687. The molecule has 0 aromatic heterocycles. The predicted molar refractivity (Wildman–Crippen MR) is 81.0 cm³/mol. The van der Waals surface area contributed by atoms with Crippen molar-refractivity contribution in [3.05, 3.63) is 0 Å². The Hall–Kier alpha value is -0.360. The summed E-state index contributed by atoms with van der Waals surface area (Å²) in [5, 5.41) is 9.42. The van der Waals surface area contributed by atoms with Gasteiger partial charge in [-0.25, -0.2) is 0 Å². The molecule has 0 spiro atoms. The van der Waals surface area contributed by atoms with E-state index >= 15 is 0 Å². The first-order valence-electron chi connectivity index (χ1n) is 7.18. The molecule has 0 aromatic carbocycles. The average Bonchev–Trinajstić information content (AvgIpc) is 2.38. The fourth-order valence-electron chi connectivity index (χ4n) is 2.06. The number of unbranched alkanes of at least 4 members (excludes halogenated alkanes) is 3. The van der Waals surface area contributed by atoms with Gasteiger partial charge < -0.3 is 0 Å². The molecule has 2 atom stereocenters. The third-order valence-corrected chi connectivity index (χ3v) is 3.93. The zero-order chi connectivity index (χ0) is 14.7.